The van der Waals surface area contributed by atoms with Gasteiger partial charge in [-0.1, -0.05) is 13.3 Å². The predicted octanol–water partition coefficient (Wildman–Crippen LogP) is 2.21. The average molecular weight is 214 g/mol. The van der Waals surface area contributed by atoms with Crippen LogP contribution in [0.1, 0.15) is 35.6 Å². The van der Waals surface area contributed by atoms with E-state index >= 15 is 0 Å². The summed E-state index contributed by atoms with van der Waals surface area (Å²) in [5, 5.41) is 18.0. The van der Waals surface area contributed by atoms with Crippen molar-refractivity contribution in [3.05, 3.63) is 21.9 Å². The Labute approximate surface area is 87.0 Å². The number of rotatable bonds is 5. The lowest BCUT2D eigenvalue weighted by Gasteiger charge is -2.03. The van der Waals surface area contributed by atoms with Crippen LogP contribution in [0.4, 0.5) is 0 Å². The third kappa shape index (κ3) is 3.12. The van der Waals surface area contributed by atoms with E-state index in [1.165, 1.54) is 16.2 Å². The van der Waals surface area contributed by atoms with Crippen molar-refractivity contribution >= 4 is 17.3 Å². The van der Waals surface area contributed by atoms with Gasteiger partial charge in [0.1, 0.15) is 0 Å². The van der Waals surface area contributed by atoms with E-state index in [2.05, 4.69) is 6.92 Å². The summed E-state index contributed by atoms with van der Waals surface area (Å²) in [6, 6.07) is 3.76. The maximum Gasteiger partial charge on any atom is 0.306 e. The van der Waals surface area contributed by atoms with E-state index in [9.17, 15) is 9.90 Å². The van der Waals surface area contributed by atoms with Crippen LogP contribution in [0.2, 0.25) is 0 Å². The highest BCUT2D eigenvalue weighted by atomic mass is 32.1. The highest BCUT2D eigenvalue weighted by Gasteiger charge is 2.13. The van der Waals surface area contributed by atoms with Crippen molar-refractivity contribution in [1.29, 1.82) is 0 Å². The van der Waals surface area contributed by atoms with Crippen LogP contribution in [0.25, 0.3) is 0 Å². The molecule has 78 valence electrons. The Morgan fingerprint density at radius 1 is 1.57 bits per heavy atom. The summed E-state index contributed by atoms with van der Waals surface area (Å²) in [6.07, 6.45) is 0.981. The first-order valence-corrected chi connectivity index (χ1v) is 5.43. The quantitative estimate of drug-likeness (QED) is 0.790. The van der Waals surface area contributed by atoms with Crippen molar-refractivity contribution in [3.63, 3.8) is 0 Å². The normalized spacial score (nSPS) is 12.7. The molecule has 4 heteroatoms. The molecule has 0 saturated heterocycles. The van der Waals surface area contributed by atoms with Crippen molar-refractivity contribution in [2.75, 3.05) is 0 Å². The Balaban J connectivity index is 2.61. The smallest absolute Gasteiger partial charge is 0.306 e. The number of carbonyl (C=O) groups is 1. The fraction of sp³-hybridized carbons (Fsp3) is 0.500. The van der Waals surface area contributed by atoms with Crippen molar-refractivity contribution in [2.45, 2.75) is 32.3 Å². The summed E-state index contributed by atoms with van der Waals surface area (Å²) < 4.78 is 0. The van der Waals surface area contributed by atoms with Gasteiger partial charge < -0.3 is 10.2 Å². The number of aliphatic hydroxyl groups excluding tert-OH is 1. The number of hydrogen-bond acceptors (Lipinski definition) is 3. The summed E-state index contributed by atoms with van der Waals surface area (Å²) in [4.78, 5) is 12.3. The largest absolute Gasteiger partial charge is 0.481 e. The minimum atomic E-state index is -0.969. The first-order chi connectivity index (χ1) is 6.63. The van der Waals surface area contributed by atoms with Crippen LogP contribution in [0, 0.1) is 0 Å². The van der Waals surface area contributed by atoms with Crippen LogP contribution in [-0.4, -0.2) is 16.2 Å². The van der Waals surface area contributed by atoms with Crippen molar-refractivity contribution < 1.29 is 15.0 Å². The molecule has 0 aliphatic carbocycles. The van der Waals surface area contributed by atoms with Crippen LogP contribution in [0.15, 0.2) is 12.1 Å². The number of carboxylic acids is 1. The molecule has 0 bridgehead atoms. The number of aliphatic carboxylic acids is 1. The van der Waals surface area contributed by atoms with Gasteiger partial charge in [-0.2, -0.15) is 0 Å². The fourth-order valence-electron chi connectivity index (χ4n) is 1.22. The molecule has 0 unspecified atom stereocenters. The Morgan fingerprint density at radius 3 is 2.86 bits per heavy atom. The minimum Gasteiger partial charge on any atom is -0.481 e. The summed E-state index contributed by atoms with van der Waals surface area (Å²) in [5.41, 5.74) is 0. The van der Waals surface area contributed by atoms with Crippen LogP contribution < -0.4 is 0 Å². The summed E-state index contributed by atoms with van der Waals surface area (Å²) >= 11 is 1.49. The molecule has 0 aliphatic rings. The van der Waals surface area contributed by atoms with Gasteiger partial charge in [-0.25, -0.2) is 0 Å². The molecule has 0 fully saturated rings. The third-order valence-electron chi connectivity index (χ3n) is 1.88. The molecule has 1 heterocycles. The van der Waals surface area contributed by atoms with Crippen LogP contribution in [0.5, 0.6) is 0 Å². The van der Waals surface area contributed by atoms with Gasteiger partial charge in [0.25, 0.3) is 0 Å². The van der Waals surface area contributed by atoms with Gasteiger partial charge in [-0.3, -0.25) is 4.79 Å². The number of thiophene rings is 1. The maximum absolute atomic E-state index is 10.4. The minimum absolute atomic E-state index is 0.216. The number of aryl methyl sites for hydroxylation is 1. The second-order valence-corrected chi connectivity index (χ2v) is 4.37. The Kier molecular flexibility index (Phi) is 4.10. The number of carboxylic acid groups (broad SMARTS) is 1. The number of hydrogen-bond donors (Lipinski definition) is 2. The van der Waals surface area contributed by atoms with Crippen molar-refractivity contribution in [2.24, 2.45) is 0 Å². The van der Waals surface area contributed by atoms with Gasteiger partial charge >= 0.3 is 5.97 Å². The lowest BCUT2D eigenvalue weighted by molar-refractivity contribution is -0.139. The molecule has 1 rings (SSSR count). The zero-order valence-electron chi connectivity index (χ0n) is 8.06. The lowest BCUT2D eigenvalue weighted by atomic mass is 10.2. The average Bonchev–Trinajstić information content (AvgIpc) is 2.52. The molecule has 1 atom stereocenters. The second kappa shape index (κ2) is 5.12. The standard InChI is InChI=1S/C10H14O3S/c1-2-3-7-4-5-9(14-7)8(11)6-10(12)13/h4-5,8,11H,2-3,6H2,1H3,(H,12,13)/t8-/m1/s1. The van der Waals surface area contributed by atoms with Crippen LogP contribution >= 0.6 is 11.3 Å². The van der Waals surface area contributed by atoms with Gasteiger partial charge in [0.15, 0.2) is 0 Å². The molecular formula is C10H14O3S. The molecule has 3 nitrogen and oxygen atoms in total. The van der Waals surface area contributed by atoms with Crippen molar-refractivity contribution in [1.82, 2.24) is 0 Å². The Bertz CT molecular complexity index is 306. The lowest BCUT2D eigenvalue weighted by Crippen LogP contribution is -2.03. The van der Waals surface area contributed by atoms with Gasteiger partial charge in [0.05, 0.1) is 12.5 Å². The highest BCUT2D eigenvalue weighted by Crippen LogP contribution is 2.26. The van der Waals surface area contributed by atoms with Crippen molar-refractivity contribution in [3.8, 4) is 0 Å². The molecular weight excluding hydrogens is 200 g/mol. The van der Waals surface area contributed by atoms with E-state index in [-0.39, 0.29) is 6.42 Å². The first-order valence-electron chi connectivity index (χ1n) is 4.62. The van der Waals surface area contributed by atoms with E-state index in [1.54, 1.807) is 0 Å². The Hall–Kier alpha value is -0.870. The first kappa shape index (κ1) is 11.2. The molecule has 0 aliphatic heterocycles. The van der Waals surface area contributed by atoms with Crippen LogP contribution in [-0.2, 0) is 11.2 Å². The van der Waals surface area contributed by atoms with E-state index in [0.717, 1.165) is 17.7 Å². The topological polar surface area (TPSA) is 57.5 Å². The Morgan fingerprint density at radius 2 is 2.29 bits per heavy atom. The molecule has 0 radical (unpaired) electrons. The molecule has 2 N–H and O–H groups in total. The van der Waals surface area contributed by atoms with E-state index in [4.69, 9.17) is 5.11 Å². The molecule has 1 aromatic rings. The summed E-state index contributed by atoms with van der Waals surface area (Å²) in [7, 11) is 0. The van der Waals surface area contributed by atoms with Crippen LogP contribution in [0.3, 0.4) is 0 Å². The second-order valence-electron chi connectivity index (χ2n) is 3.17. The molecule has 1 aromatic heterocycles. The van der Waals surface area contributed by atoms with E-state index in [0.29, 0.717) is 0 Å². The maximum atomic E-state index is 10.4. The fourth-order valence-corrected chi connectivity index (χ4v) is 2.32. The molecule has 0 aromatic carbocycles. The summed E-state index contributed by atoms with van der Waals surface area (Å²) in [5.74, 6) is -0.969. The molecule has 0 amide bonds. The zero-order valence-corrected chi connectivity index (χ0v) is 8.88. The molecule has 0 saturated carbocycles. The van der Waals surface area contributed by atoms with E-state index in [1.807, 2.05) is 12.1 Å². The SMILES string of the molecule is CCCc1ccc([C@H](O)CC(=O)O)s1. The molecule has 0 spiro atoms. The third-order valence-corrected chi connectivity index (χ3v) is 3.12. The van der Waals surface area contributed by atoms with E-state index < -0.39 is 12.1 Å². The monoisotopic (exact) mass is 214 g/mol. The highest BCUT2D eigenvalue weighted by molar-refractivity contribution is 7.12. The van der Waals surface area contributed by atoms with Gasteiger partial charge in [0, 0.05) is 9.75 Å². The predicted molar refractivity (Wildman–Crippen MR) is 55.5 cm³/mol. The van der Waals surface area contributed by atoms with Gasteiger partial charge in [0.2, 0.25) is 0 Å². The number of aliphatic hydroxyl groups is 1. The summed E-state index contributed by atoms with van der Waals surface area (Å²) in [6.45, 7) is 2.09. The molecule has 14 heavy (non-hydrogen) atoms. The van der Waals surface area contributed by atoms with Gasteiger partial charge in [-0.15, -0.1) is 11.3 Å². The zero-order chi connectivity index (χ0) is 10.6. The van der Waals surface area contributed by atoms with Gasteiger partial charge in [-0.05, 0) is 18.6 Å².